The van der Waals surface area contributed by atoms with E-state index >= 15 is 0 Å². The summed E-state index contributed by atoms with van der Waals surface area (Å²) in [5, 5.41) is 3.37. The van der Waals surface area contributed by atoms with Gasteiger partial charge in [-0.05, 0) is 17.2 Å². The quantitative estimate of drug-likeness (QED) is 0.812. The third-order valence-electron chi connectivity index (χ3n) is 2.68. The zero-order valence-electron chi connectivity index (χ0n) is 10.0. The van der Waals surface area contributed by atoms with E-state index < -0.39 is 0 Å². The van der Waals surface area contributed by atoms with Crippen molar-refractivity contribution in [2.45, 2.75) is 13.1 Å². The molecule has 100 valence electrons. The van der Waals surface area contributed by atoms with Gasteiger partial charge in [0.1, 0.15) is 10.8 Å². The van der Waals surface area contributed by atoms with E-state index in [1.807, 2.05) is 24.3 Å². The minimum absolute atomic E-state index is 0.253. The highest BCUT2D eigenvalue weighted by molar-refractivity contribution is 6.41. The van der Waals surface area contributed by atoms with Gasteiger partial charge in [0.2, 0.25) is 0 Å². The molecule has 0 saturated heterocycles. The Bertz CT molecular complexity index is 559. The lowest BCUT2D eigenvalue weighted by atomic mass is 10.1. The summed E-state index contributed by atoms with van der Waals surface area (Å²) in [5.74, 6) is -0.253. The van der Waals surface area contributed by atoms with Crippen LogP contribution in [0.25, 0.3) is 0 Å². The van der Waals surface area contributed by atoms with Gasteiger partial charge in [0.05, 0.1) is 5.02 Å². The predicted molar refractivity (Wildman–Crippen MR) is 76.3 cm³/mol. The Morgan fingerprint density at radius 1 is 1.21 bits per heavy atom. The molecule has 1 aromatic heterocycles. The van der Waals surface area contributed by atoms with Gasteiger partial charge in [-0.2, -0.15) is 0 Å². The molecule has 0 spiro atoms. The van der Waals surface area contributed by atoms with E-state index in [1.54, 1.807) is 0 Å². The van der Waals surface area contributed by atoms with Crippen LogP contribution in [0.3, 0.4) is 0 Å². The first-order valence-electron chi connectivity index (χ1n) is 5.70. The van der Waals surface area contributed by atoms with E-state index in [2.05, 4.69) is 10.3 Å². The molecule has 2 aromatic rings. The number of nitrogens with two attached hydrogens (primary N) is 1. The Kier molecular flexibility index (Phi) is 4.47. The standard InChI is InChI=1S/C13H13Cl2N3O/c14-10-5-11(18-12(10)15)13(19)17-7-9-3-1-8(6-16)2-4-9/h1-5,18H,6-7,16H2,(H,17,19). The Balaban J connectivity index is 1.96. The van der Waals surface area contributed by atoms with E-state index in [4.69, 9.17) is 28.9 Å². The third kappa shape index (κ3) is 3.50. The van der Waals surface area contributed by atoms with Crippen molar-refractivity contribution < 1.29 is 4.79 Å². The molecular formula is C13H13Cl2N3O. The molecule has 0 unspecified atom stereocenters. The van der Waals surface area contributed by atoms with E-state index in [0.29, 0.717) is 23.8 Å². The normalized spacial score (nSPS) is 10.5. The van der Waals surface area contributed by atoms with Crippen LogP contribution in [0.2, 0.25) is 10.2 Å². The average molecular weight is 298 g/mol. The lowest BCUT2D eigenvalue weighted by molar-refractivity contribution is 0.0946. The molecule has 2 rings (SSSR count). The summed E-state index contributed by atoms with van der Waals surface area (Å²) < 4.78 is 0. The van der Waals surface area contributed by atoms with Gasteiger partial charge in [-0.1, -0.05) is 47.5 Å². The number of aromatic amines is 1. The SMILES string of the molecule is NCc1ccc(CNC(=O)c2cc(Cl)c(Cl)[nH]2)cc1. The van der Waals surface area contributed by atoms with Crippen LogP contribution in [0.15, 0.2) is 30.3 Å². The molecule has 4 N–H and O–H groups in total. The predicted octanol–water partition coefficient (Wildman–Crippen LogP) is 2.71. The summed E-state index contributed by atoms with van der Waals surface area (Å²) in [7, 11) is 0. The summed E-state index contributed by atoms with van der Waals surface area (Å²) in [6, 6.07) is 9.22. The second kappa shape index (κ2) is 6.10. The largest absolute Gasteiger partial charge is 0.347 e. The number of hydrogen-bond donors (Lipinski definition) is 3. The van der Waals surface area contributed by atoms with E-state index in [9.17, 15) is 4.79 Å². The zero-order valence-corrected chi connectivity index (χ0v) is 11.6. The fourth-order valence-corrected chi connectivity index (χ4v) is 1.91. The molecule has 0 fully saturated rings. The van der Waals surface area contributed by atoms with Crippen LogP contribution in [0.4, 0.5) is 0 Å². The van der Waals surface area contributed by atoms with Gasteiger partial charge in [-0.3, -0.25) is 4.79 Å². The van der Waals surface area contributed by atoms with Crippen molar-refractivity contribution in [2.75, 3.05) is 0 Å². The molecule has 0 aliphatic carbocycles. The molecule has 0 radical (unpaired) electrons. The van der Waals surface area contributed by atoms with Gasteiger partial charge in [0, 0.05) is 13.1 Å². The molecule has 1 heterocycles. The highest BCUT2D eigenvalue weighted by Gasteiger charge is 2.10. The molecule has 6 heteroatoms. The smallest absolute Gasteiger partial charge is 0.268 e. The lowest BCUT2D eigenvalue weighted by Crippen LogP contribution is -2.23. The Morgan fingerprint density at radius 2 is 1.84 bits per heavy atom. The molecule has 0 aliphatic rings. The zero-order chi connectivity index (χ0) is 13.8. The maximum Gasteiger partial charge on any atom is 0.268 e. The Morgan fingerprint density at radius 3 is 2.37 bits per heavy atom. The highest BCUT2D eigenvalue weighted by Crippen LogP contribution is 2.21. The summed E-state index contributed by atoms with van der Waals surface area (Å²) >= 11 is 11.5. The van der Waals surface area contributed by atoms with Crippen molar-refractivity contribution >= 4 is 29.1 Å². The van der Waals surface area contributed by atoms with E-state index in [-0.39, 0.29) is 11.1 Å². The van der Waals surface area contributed by atoms with Crippen molar-refractivity contribution in [1.29, 1.82) is 0 Å². The molecule has 19 heavy (non-hydrogen) atoms. The second-order valence-electron chi connectivity index (χ2n) is 4.05. The molecule has 0 saturated carbocycles. The molecule has 1 aromatic carbocycles. The highest BCUT2D eigenvalue weighted by atomic mass is 35.5. The summed E-state index contributed by atoms with van der Waals surface area (Å²) in [6.45, 7) is 0.935. The van der Waals surface area contributed by atoms with Crippen LogP contribution in [0.1, 0.15) is 21.6 Å². The first-order chi connectivity index (χ1) is 9.10. The summed E-state index contributed by atoms with van der Waals surface area (Å²) in [5.41, 5.74) is 7.91. The first kappa shape index (κ1) is 13.9. The Hall–Kier alpha value is -1.49. The minimum atomic E-state index is -0.253. The van der Waals surface area contributed by atoms with Crippen molar-refractivity contribution in [3.05, 3.63) is 57.3 Å². The van der Waals surface area contributed by atoms with Crippen LogP contribution in [-0.2, 0) is 13.1 Å². The summed E-state index contributed by atoms with van der Waals surface area (Å²) in [4.78, 5) is 14.5. The molecule has 0 atom stereocenters. The number of benzene rings is 1. The maximum atomic E-state index is 11.8. The van der Waals surface area contributed by atoms with Gasteiger partial charge < -0.3 is 16.0 Å². The molecule has 4 nitrogen and oxygen atoms in total. The van der Waals surface area contributed by atoms with Crippen molar-refractivity contribution in [1.82, 2.24) is 10.3 Å². The number of carbonyl (C=O) groups excluding carboxylic acids is 1. The lowest BCUT2D eigenvalue weighted by Gasteiger charge is -2.05. The molecular weight excluding hydrogens is 285 g/mol. The summed E-state index contributed by atoms with van der Waals surface area (Å²) in [6.07, 6.45) is 0. The monoisotopic (exact) mass is 297 g/mol. The molecule has 1 amide bonds. The number of aromatic nitrogens is 1. The number of carbonyl (C=O) groups is 1. The number of halogens is 2. The Labute approximate surface area is 120 Å². The molecule has 0 aliphatic heterocycles. The van der Waals surface area contributed by atoms with E-state index in [1.165, 1.54) is 6.07 Å². The maximum absolute atomic E-state index is 11.8. The van der Waals surface area contributed by atoms with Gasteiger partial charge >= 0.3 is 0 Å². The van der Waals surface area contributed by atoms with Crippen molar-refractivity contribution in [3.63, 3.8) is 0 Å². The van der Waals surface area contributed by atoms with Crippen LogP contribution in [-0.4, -0.2) is 10.9 Å². The first-order valence-corrected chi connectivity index (χ1v) is 6.46. The number of hydrogen-bond acceptors (Lipinski definition) is 2. The average Bonchev–Trinajstić information content (AvgIpc) is 2.77. The van der Waals surface area contributed by atoms with Crippen LogP contribution < -0.4 is 11.1 Å². The number of rotatable bonds is 4. The number of amides is 1. The van der Waals surface area contributed by atoms with Gasteiger partial charge in [0.25, 0.3) is 5.91 Å². The fraction of sp³-hybridized carbons (Fsp3) is 0.154. The van der Waals surface area contributed by atoms with Crippen molar-refractivity contribution in [2.24, 2.45) is 5.73 Å². The molecule has 0 bridgehead atoms. The second-order valence-corrected chi connectivity index (χ2v) is 4.83. The van der Waals surface area contributed by atoms with Crippen molar-refractivity contribution in [3.8, 4) is 0 Å². The van der Waals surface area contributed by atoms with E-state index in [0.717, 1.165) is 11.1 Å². The third-order valence-corrected chi connectivity index (χ3v) is 3.37. The minimum Gasteiger partial charge on any atom is -0.347 e. The van der Waals surface area contributed by atoms with Gasteiger partial charge in [-0.25, -0.2) is 0 Å². The number of nitrogens with one attached hydrogen (secondary N) is 2. The number of H-pyrrole nitrogens is 1. The van der Waals surface area contributed by atoms with Gasteiger partial charge in [0.15, 0.2) is 0 Å². The topological polar surface area (TPSA) is 70.9 Å². The van der Waals surface area contributed by atoms with Gasteiger partial charge in [-0.15, -0.1) is 0 Å². The van der Waals surface area contributed by atoms with Crippen LogP contribution in [0, 0.1) is 0 Å². The fourth-order valence-electron chi connectivity index (χ4n) is 1.60. The van der Waals surface area contributed by atoms with Crippen LogP contribution in [0.5, 0.6) is 0 Å². The van der Waals surface area contributed by atoms with Crippen LogP contribution >= 0.6 is 23.2 Å².